The molecule has 6 amide bonds. The Balaban J connectivity index is 0.0000149. The van der Waals surface area contributed by atoms with Gasteiger partial charge in [-0.2, -0.15) is 5.75 Å². The summed E-state index contributed by atoms with van der Waals surface area (Å²) in [6.45, 7) is 0.00249. The number of carbonyl (C=O) groups is 11. The molecule has 0 aromatic rings. The van der Waals surface area contributed by atoms with Gasteiger partial charge in [-0.05, 0) is 18.9 Å². The van der Waals surface area contributed by atoms with Crippen LogP contribution in [0.3, 0.4) is 0 Å². The summed E-state index contributed by atoms with van der Waals surface area (Å²) in [7, 11) is 0. The third-order valence-corrected chi connectivity index (χ3v) is 9.02. The number of Topliss-reactive ketones (excluding diaryl/α,β-unsaturated/α-hetero) is 1. The fraction of sp³-hybridized carbons (Fsp3) is 0.633. The number of carboxylic acid groups (broad SMARTS) is 4. The van der Waals surface area contributed by atoms with Crippen molar-refractivity contribution >= 4 is 90.2 Å². The average Bonchev–Trinajstić information content (AvgIpc) is 3.40. The second kappa shape index (κ2) is 28.0. The number of hydrogen-bond acceptors (Lipinski definition) is 15. The minimum absolute atomic E-state index is 0.0187. The number of carboxylic acids is 4. The molecule has 1 heterocycles. The molecule has 1 aliphatic rings. The predicted molar refractivity (Wildman–Crippen MR) is 186 cm³/mol. The van der Waals surface area contributed by atoms with Crippen molar-refractivity contribution in [2.24, 2.45) is 0 Å². The number of rotatable bonds is 28. The molecule has 56 heavy (non-hydrogen) atoms. The summed E-state index contributed by atoms with van der Waals surface area (Å²) in [6, 6.07) is -7.74. The third-order valence-electron chi connectivity index (χ3n) is 7.41. The van der Waals surface area contributed by atoms with Crippen molar-refractivity contribution in [3.8, 4) is 0 Å². The van der Waals surface area contributed by atoms with E-state index in [1.165, 1.54) is 0 Å². The zero-order valence-corrected chi connectivity index (χ0v) is 32.9. The van der Waals surface area contributed by atoms with Gasteiger partial charge >= 0.3 is 46.3 Å². The van der Waals surface area contributed by atoms with Crippen molar-refractivity contribution in [3.63, 3.8) is 0 Å². The monoisotopic (exact) mass is 919 g/mol. The number of imide groups is 1. The molecule has 1 fully saturated rings. The molecule has 0 aliphatic carbocycles. The van der Waals surface area contributed by atoms with E-state index in [1.807, 2.05) is 0 Å². The molecule has 0 aromatic heterocycles. The fourth-order valence-corrected chi connectivity index (χ4v) is 5.97. The van der Waals surface area contributed by atoms with Crippen LogP contribution < -0.4 is 10.6 Å². The second-order valence-corrected chi connectivity index (χ2v) is 13.2. The zero-order chi connectivity index (χ0) is 43.0. The van der Waals surface area contributed by atoms with Crippen LogP contribution in [-0.4, -0.2) is 145 Å². The molecule has 1 aliphatic heterocycles. The Morgan fingerprint density at radius 2 is 1.54 bits per heavy atom. The molecule has 23 nitrogen and oxygen atoms in total. The van der Waals surface area contributed by atoms with Gasteiger partial charge in [0.15, 0.2) is 6.23 Å². The summed E-state index contributed by atoms with van der Waals surface area (Å²) < 4.78 is 12.8. The summed E-state index contributed by atoms with van der Waals surface area (Å²) in [4.78, 5) is 131. The van der Waals surface area contributed by atoms with Gasteiger partial charge in [0.1, 0.15) is 11.8 Å². The molecule has 0 bridgehead atoms. The van der Waals surface area contributed by atoms with Crippen LogP contribution in [0.1, 0.15) is 64.2 Å². The molecule has 2 unspecified atom stereocenters. The summed E-state index contributed by atoms with van der Waals surface area (Å²) >= 11 is 6.32. The van der Waals surface area contributed by atoms with Crippen LogP contribution in [0, 0.1) is 0 Å². The predicted octanol–water partition coefficient (Wildman–Crippen LogP) is -0.183. The number of carbonyl (C=O) groups excluding carboxylic acids is 7. The molecule has 0 radical (unpaired) electrons. The molecular weight excluding hydrogens is 879 g/mol. The summed E-state index contributed by atoms with van der Waals surface area (Å²) in [5.74, 6) is -10.4. The molecule has 7 N–H and O–H groups in total. The van der Waals surface area contributed by atoms with Crippen molar-refractivity contribution in [2.75, 3.05) is 18.1 Å². The number of likely N-dealkylation sites (tertiary alicyclic amines) is 1. The summed E-state index contributed by atoms with van der Waals surface area (Å²) in [5, 5.41) is 46.3. The number of nitrogens with one attached hydrogen (secondary N) is 3. The van der Waals surface area contributed by atoms with E-state index in [0.29, 0.717) is 19.3 Å². The van der Waals surface area contributed by atoms with E-state index < -0.39 is 108 Å². The molecule has 6 atom stereocenters. The Bertz CT molecular complexity index is 1440. The number of hydrogen-bond donors (Lipinski definition) is 6. The van der Waals surface area contributed by atoms with E-state index in [0.717, 1.165) is 35.5 Å². The fourth-order valence-electron chi connectivity index (χ4n) is 4.57. The molecule has 1 rings (SSSR count). The number of aliphatic carboxylic acids is 4. The second-order valence-electron chi connectivity index (χ2n) is 11.6. The number of ether oxygens (including phenoxy) is 1. The van der Waals surface area contributed by atoms with E-state index >= 15 is 0 Å². The normalized spacial score (nSPS) is 16.1. The summed E-state index contributed by atoms with van der Waals surface area (Å²) in [5.41, 5.74) is 7.95. The third kappa shape index (κ3) is 20.4. The molecule has 311 valence electrons. The van der Waals surface area contributed by atoms with Crippen LogP contribution in [0.15, 0.2) is 0 Å². The van der Waals surface area contributed by atoms with E-state index in [4.69, 9.17) is 24.6 Å². The molecule has 0 saturated carbocycles. The van der Waals surface area contributed by atoms with Crippen molar-refractivity contribution < 1.29 is 100 Å². The van der Waals surface area contributed by atoms with Crippen molar-refractivity contribution in [1.29, 1.82) is 0 Å². The van der Waals surface area contributed by atoms with Crippen LogP contribution in [0.4, 0.5) is 4.79 Å². The van der Waals surface area contributed by atoms with E-state index in [1.54, 1.807) is 0 Å². The Morgan fingerprint density at radius 1 is 0.893 bits per heavy atom. The Morgan fingerprint density at radius 3 is 2.09 bits per heavy atom. The van der Waals surface area contributed by atoms with Gasteiger partial charge in [0.2, 0.25) is 11.8 Å². The number of urea groups is 1. The van der Waals surface area contributed by atoms with Crippen LogP contribution in [0.25, 0.3) is 16.4 Å². The van der Waals surface area contributed by atoms with Gasteiger partial charge in [-0.3, -0.25) is 38.5 Å². The van der Waals surface area contributed by atoms with Gasteiger partial charge in [0.25, 0.3) is 12.4 Å². The zero-order valence-electron chi connectivity index (χ0n) is 29.4. The number of amides is 6. The molecule has 26 heteroatoms. The number of nitrogens with zero attached hydrogens (tertiary/aromatic N) is 3. The maximum atomic E-state index is 12.8. The van der Waals surface area contributed by atoms with Crippen molar-refractivity contribution in [3.05, 3.63) is 16.4 Å². The first-order valence-electron chi connectivity index (χ1n) is 16.4. The van der Waals surface area contributed by atoms with Crippen LogP contribution in [0.5, 0.6) is 0 Å². The van der Waals surface area contributed by atoms with Gasteiger partial charge < -0.3 is 74.4 Å². The number of unbranched alkanes of at least 4 members (excludes halogenated alkanes) is 2. The first kappa shape index (κ1) is 51.5. The van der Waals surface area contributed by atoms with Gasteiger partial charge in [-0.1, -0.05) is 24.9 Å². The minimum atomic E-state index is -1.87. The Hall–Kier alpha value is -4.52. The van der Waals surface area contributed by atoms with Crippen molar-refractivity contribution in [2.45, 2.75) is 99.9 Å². The SMILES string of the molecule is [NH-][C@@H](CCC(=O)CCCCCN1C(=O)CC(SC[C@H](NC(=O)N[C@@H](CCC(=O)O)OC=O)C(=O)O)C1=O)C(=O)[N-]C(CC(=O)O)C(=O)[N-][C@@H](C[S-])C(=O)O.[O]=[99Tc+4]. The topological polar surface area (TPSA) is 374 Å². The molecular formula is C30H40N6O17S2Tc. The van der Waals surface area contributed by atoms with E-state index in [-0.39, 0.29) is 56.7 Å². The van der Waals surface area contributed by atoms with E-state index in [2.05, 4.69) is 38.6 Å². The Labute approximate surface area is 339 Å². The first-order valence-corrected chi connectivity index (χ1v) is 18.7. The molecule has 0 spiro atoms. The quantitative estimate of drug-likeness (QED) is 0.0195. The average molecular weight is 920 g/mol. The molecule has 0 aromatic carbocycles. The molecule has 1 saturated heterocycles. The first-order chi connectivity index (χ1) is 26.4. The summed E-state index contributed by atoms with van der Waals surface area (Å²) in [6.07, 6.45) is -2.71. The van der Waals surface area contributed by atoms with Crippen LogP contribution in [-0.2, 0) is 87.7 Å². The van der Waals surface area contributed by atoms with Crippen LogP contribution >= 0.6 is 11.8 Å². The Kier molecular flexibility index (Phi) is 25.7. The maximum absolute atomic E-state index is 12.8. The van der Waals surface area contributed by atoms with E-state index in [9.17, 15) is 57.8 Å². The van der Waals surface area contributed by atoms with Gasteiger partial charge in [0, 0.05) is 56.2 Å². The van der Waals surface area contributed by atoms with Gasteiger partial charge in [-0.25, -0.2) is 9.59 Å². The van der Waals surface area contributed by atoms with Gasteiger partial charge in [-0.15, -0.1) is 11.8 Å². The number of thioether (sulfide) groups is 1. The van der Waals surface area contributed by atoms with Gasteiger partial charge in [0.05, 0.1) is 11.7 Å². The number of ketones is 1. The van der Waals surface area contributed by atoms with Crippen molar-refractivity contribution in [1.82, 2.24) is 15.5 Å². The standard InChI is InChI=1S/C30H43N6O16S2.O.Tc/c31-16(25(44)32-17(10-24(42)43)26(45)33-18(12-53)28(47)48)6-5-15(38)4-2-1-3-9-36-22(39)11-20(27(36)46)54-13-19(29(49)50)34-30(51)35-21(52-14-37)7-8-23(40)41;;/h14,16-21,31H,1-13H2,(H9,32,33,34,35,40,41,42,43,44,45,47,48,49,50,51,53);;/q-1;;+4/p-3/t16-,17?,18-,19-,20?,21+;;/m0../s1/i;;1+1. The van der Waals surface area contributed by atoms with Crippen LogP contribution in [0.2, 0.25) is 0 Å².